The molecule has 0 unspecified atom stereocenters. The Morgan fingerprint density at radius 2 is 1.82 bits per heavy atom. The van der Waals surface area contributed by atoms with Gasteiger partial charge in [-0.2, -0.15) is 13.5 Å². The molecule has 0 aliphatic heterocycles. The summed E-state index contributed by atoms with van der Waals surface area (Å²) in [6, 6.07) is 9.49. The van der Waals surface area contributed by atoms with Crippen LogP contribution in [0, 0.1) is 34.6 Å². The lowest BCUT2D eigenvalue weighted by molar-refractivity contribution is 0.299. The first-order valence-electron chi connectivity index (χ1n) is 12.2. The van der Waals surface area contributed by atoms with Gasteiger partial charge in [0.1, 0.15) is 5.76 Å². The number of anilines is 1. The van der Waals surface area contributed by atoms with E-state index in [4.69, 9.17) is 10.3 Å². The summed E-state index contributed by atoms with van der Waals surface area (Å²) in [6.07, 6.45) is 2.18. The van der Waals surface area contributed by atoms with E-state index in [0.29, 0.717) is 29.9 Å². The number of aryl methyl sites for hydroxylation is 4. The molecule has 39 heavy (non-hydrogen) atoms. The average Bonchev–Trinajstić information content (AvgIpc) is 3.54. The van der Waals surface area contributed by atoms with Crippen LogP contribution in [0.1, 0.15) is 38.7 Å². The number of nitrogens with zero attached hydrogens (tertiary/aromatic N) is 4. The number of pyridine rings is 1. The number of nitrogen functional groups attached to an aromatic ring is 1. The molecule has 1 aromatic carbocycles. The molecule has 0 saturated heterocycles. The van der Waals surface area contributed by atoms with E-state index in [2.05, 4.69) is 15.2 Å². The van der Waals surface area contributed by atoms with Crippen LogP contribution in [0.25, 0.3) is 22.0 Å². The van der Waals surface area contributed by atoms with Gasteiger partial charge in [-0.05, 0) is 69.9 Å². The zero-order chi connectivity index (χ0) is 28.5. The largest absolute Gasteiger partial charge is 0.396 e. The van der Waals surface area contributed by atoms with Crippen molar-refractivity contribution in [2.45, 2.75) is 51.8 Å². The number of nitrogens with two attached hydrogens (primary N) is 1. The minimum Gasteiger partial charge on any atom is -0.396 e. The number of benzene rings is 1. The van der Waals surface area contributed by atoms with Gasteiger partial charge in [0.2, 0.25) is 0 Å². The molecule has 4 aromatic heterocycles. The van der Waals surface area contributed by atoms with E-state index in [-0.39, 0.29) is 10.8 Å². The first-order valence-corrected chi connectivity index (χ1v) is 14.4. The van der Waals surface area contributed by atoms with Crippen LogP contribution >= 0.6 is 11.3 Å². The maximum atomic E-state index is 11.9. The van der Waals surface area contributed by atoms with E-state index < -0.39 is 10.1 Å². The number of fused-ring (bicyclic) bond motifs is 1. The third-order valence-corrected chi connectivity index (χ3v) is 8.80. The van der Waals surface area contributed by atoms with Crippen LogP contribution in [0.15, 0.2) is 45.3 Å². The molecule has 5 aromatic rings. The second-order valence-electron chi connectivity index (χ2n) is 9.33. The van der Waals surface area contributed by atoms with Crippen LogP contribution in [-0.4, -0.2) is 44.6 Å². The van der Waals surface area contributed by atoms with E-state index in [1.54, 1.807) is 13.0 Å². The van der Waals surface area contributed by atoms with Gasteiger partial charge in [-0.25, -0.2) is 0 Å². The molecule has 0 saturated carbocycles. The third-order valence-electron chi connectivity index (χ3n) is 6.38. The maximum Gasteiger partial charge on any atom is 0.304 e. The van der Waals surface area contributed by atoms with Gasteiger partial charge in [0.05, 0.1) is 18.3 Å². The summed E-state index contributed by atoms with van der Waals surface area (Å²) in [5, 5.41) is 18.6. The maximum absolute atomic E-state index is 11.9. The lowest BCUT2D eigenvalue weighted by atomic mass is 9.97. The molecular formula is C27H31N5O5S2. The molecule has 0 atom stereocenters. The minimum absolute atomic E-state index is 0.0739. The fourth-order valence-electron chi connectivity index (χ4n) is 4.32. The van der Waals surface area contributed by atoms with Gasteiger partial charge >= 0.3 is 10.1 Å². The molecule has 4 N–H and O–H groups in total. The predicted molar refractivity (Wildman–Crippen MR) is 152 cm³/mol. The van der Waals surface area contributed by atoms with Gasteiger partial charge in [-0.3, -0.25) is 14.2 Å². The highest BCUT2D eigenvalue weighted by Crippen LogP contribution is 2.37. The summed E-state index contributed by atoms with van der Waals surface area (Å²) in [6.45, 7) is 9.87. The molecule has 0 bridgehead atoms. The molecule has 5 rings (SSSR count). The van der Waals surface area contributed by atoms with E-state index in [1.807, 2.05) is 62.8 Å². The Bertz CT molecular complexity index is 1730. The van der Waals surface area contributed by atoms with Crippen molar-refractivity contribution in [3.05, 3.63) is 75.2 Å². The third kappa shape index (κ3) is 6.19. The Morgan fingerprint density at radius 1 is 1.08 bits per heavy atom. The van der Waals surface area contributed by atoms with Crippen molar-refractivity contribution in [3.8, 4) is 11.1 Å². The Morgan fingerprint density at radius 3 is 2.41 bits per heavy atom. The number of aliphatic hydroxyl groups excluding tert-OH is 1. The number of hydrogen-bond acceptors (Lipinski definition) is 9. The smallest absolute Gasteiger partial charge is 0.304 e. The molecule has 12 heteroatoms. The summed E-state index contributed by atoms with van der Waals surface area (Å²) in [4.78, 5) is 5.27. The van der Waals surface area contributed by atoms with Crippen LogP contribution in [0.2, 0.25) is 0 Å². The molecule has 0 radical (unpaired) electrons. The van der Waals surface area contributed by atoms with E-state index in [9.17, 15) is 18.1 Å². The fraction of sp³-hybridized carbons (Fsp3) is 0.296. The van der Waals surface area contributed by atoms with Crippen molar-refractivity contribution in [3.63, 3.8) is 0 Å². The highest BCUT2D eigenvalue weighted by atomic mass is 32.3. The van der Waals surface area contributed by atoms with Gasteiger partial charge in [0.15, 0.2) is 10.0 Å². The highest BCUT2D eigenvalue weighted by molar-refractivity contribution is 7.88. The Labute approximate surface area is 230 Å². The molecule has 0 spiro atoms. The first-order chi connectivity index (χ1) is 18.4. The average molecular weight is 570 g/mol. The normalized spacial score (nSPS) is 11.6. The molecule has 0 aliphatic rings. The Kier molecular flexibility index (Phi) is 8.21. The lowest BCUT2D eigenvalue weighted by Gasteiger charge is -2.12. The Hall–Kier alpha value is -3.58. The van der Waals surface area contributed by atoms with E-state index >= 15 is 0 Å². The van der Waals surface area contributed by atoms with Crippen molar-refractivity contribution >= 4 is 38.2 Å². The fourth-order valence-corrected chi connectivity index (χ4v) is 6.33. The number of rotatable bonds is 6. The summed E-state index contributed by atoms with van der Waals surface area (Å²) in [5.41, 5.74) is 12.1. The molecule has 0 fully saturated rings. The van der Waals surface area contributed by atoms with Crippen LogP contribution < -0.4 is 5.73 Å². The highest BCUT2D eigenvalue weighted by Gasteiger charge is 2.22. The predicted octanol–water partition coefficient (Wildman–Crippen LogP) is 4.79. The number of hydrogen-bond donors (Lipinski definition) is 3. The van der Waals surface area contributed by atoms with Gasteiger partial charge < -0.3 is 15.4 Å². The summed E-state index contributed by atoms with van der Waals surface area (Å²) in [7, 11) is -4.34. The second kappa shape index (κ2) is 11.3. The van der Waals surface area contributed by atoms with E-state index in [1.165, 1.54) is 0 Å². The van der Waals surface area contributed by atoms with Gasteiger partial charge in [-0.1, -0.05) is 23.4 Å². The van der Waals surface area contributed by atoms with Crippen molar-refractivity contribution in [2.75, 3.05) is 12.3 Å². The SMILES string of the molecule is Cc1cc2c(cnn2Cc2ccc(-c3cc(C)sc3S(=O)(=O)O)c(CCO)c2)c(C)n1.Cc1onc(N)c1C. The van der Waals surface area contributed by atoms with Crippen molar-refractivity contribution in [1.82, 2.24) is 19.9 Å². The van der Waals surface area contributed by atoms with Crippen LogP contribution in [0.3, 0.4) is 0 Å². The minimum atomic E-state index is -4.34. The van der Waals surface area contributed by atoms with E-state index in [0.717, 1.165) is 61.0 Å². The molecule has 206 valence electrons. The van der Waals surface area contributed by atoms with Crippen molar-refractivity contribution < 1.29 is 22.6 Å². The second-order valence-corrected chi connectivity index (χ2v) is 12.2. The lowest BCUT2D eigenvalue weighted by Crippen LogP contribution is -2.04. The molecule has 0 aliphatic carbocycles. The Balaban J connectivity index is 0.000000379. The number of aromatic nitrogens is 4. The standard InChI is InChI=1S/C22H23N3O4S2.C5H8N2O/c1-13-8-21-20(15(3)24-13)11-23-25(21)12-16-4-5-18(17(10-16)6-7-26)19-9-14(2)30-22(19)31(27,28)29;1-3-4(2)8-7-5(3)6/h4-5,8-11,26H,6-7,12H2,1-3H3,(H,27,28,29);1-2H3,(H2,6,7). The van der Waals surface area contributed by atoms with Gasteiger partial charge in [0, 0.05) is 39.4 Å². The summed E-state index contributed by atoms with van der Waals surface area (Å²) >= 11 is 1.03. The van der Waals surface area contributed by atoms with Crippen LogP contribution in [0.5, 0.6) is 0 Å². The van der Waals surface area contributed by atoms with Crippen molar-refractivity contribution in [1.29, 1.82) is 0 Å². The summed E-state index contributed by atoms with van der Waals surface area (Å²) < 4.78 is 39.9. The van der Waals surface area contributed by atoms with Crippen LogP contribution in [0.4, 0.5) is 5.82 Å². The molecule has 10 nitrogen and oxygen atoms in total. The molecule has 0 amide bonds. The number of thiophene rings is 1. The summed E-state index contributed by atoms with van der Waals surface area (Å²) in [5.74, 6) is 1.28. The number of aliphatic hydroxyl groups is 1. The quantitative estimate of drug-likeness (QED) is 0.245. The topological polar surface area (TPSA) is 157 Å². The monoisotopic (exact) mass is 569 g/mol. The molecular weight excluding hydrogens is 538 g/mol. The first kappa shape index (κ1) is 28.4. The van der Waals surface area contributed by atoms with Gasteiger partial charge in [-0.15, -0.1) is 11.3 Å². The zero-order valence-corrected chi connectivity index (χ0v) is 24.0. The zero-order valence-electron chi connectivity index (χ0n) is 22.4. The van der Waals surface area contributed by atoms with Crippen molar-refractivity contribution in [2.24, 2.45) is 0 Å². The van der Waals surface area contributed by atoms with Crippen LogP contribution in [-0.2, 0) is 23.1 Å². The van der Waals surface area contributed by atoms with Gasteiger partial charge in [0.25, 0.3) is 0 Å². The molecule has 4 heterocycles.